The van der Waals surface area contributed by atoms with Gasteiger partial charge < -0.3 is 9.80 Å². The zero-order valence-electron chi connectivity index (χ0n) is 8.88. The van der Waals surface area contributed by atoms with Crippen LogP contribution in [0.3, 0.4) is 0 Å². The number of carbonyl (C=O) groups excluding carboxylic acids is 2. The molecular formula is C11H14N2O2. The summed E-state index contributed by atoms with van der Waals surface area (Å²) < 4.78 is 0. The van der Waals surface area contributed by atoms with Crippen LogP contribution in [-0.2, 0) is 16.1 Å². The van der Waals surface area contributed by atoms with E-state index in [4.69, 9.17) is 0 Å². The zero-order chi connectivity index (χ0) is 11.3. The predicted molar refractivity (Wildman–Crippen MR) is 58.4 cm³/mol. The molecule has 0 bridgehead atoms. The van der Waals surface area contributed by atoms with Crippen LogP contribution in [0, 0.1) is 0 Å². The van der Waals surface area contributed by atoms with Gasteiger partial charge in [-0.05, 0) is 17.7 Å². The number of amides is 2. The van der Waals surface area contributed by atoms with Gasteiger partial charge in [-0.25, -0.2) is 0 Å². The fourth-order valence-electron chi connectivity index (χ4n) is 1.22. The molecule has 0 radical (unpaired) electrons. The number of hydrogen-bond donors (Lipinski definition) is 0. The summed E-state index contributed by atoms with van der Waals surface area (Å²) >= 11 is 0. The Labute approximate surface area is 89.1 Å². The van der Waals surface area contributed by atoms with Gasteiger partial charge >= 0.3 is 0 Å². The number of carbonyl (C=O) groups is 2. The van der Waals surface area contributed by atoms with Crippen molar-refractivity contribution < 1.29 is 9.59 Å². The van der Waals surface area contributed by atoms with E-state index in [1.165, 1.54) is 4.90 Å². The molecule has 2 amide bonds. The van der Waals surface area contributed by atoms with Crippen molar-refractivity contribution in [2.24, 2.45) is 0 Å². The Hall–Kier alpha value is -1.84. The lowest BCUT2D eigenvalue weighted by atomic mass is 10.2. The standard InChI is InChI=1S/C11H14N2O2/c1-12(8-14)7-10-3-5-11(6-4-10)13(2)9-15/h3-6,8-9H,7H2,1-2H3. The van der Waals surface area contributed by atoms with Gasteiger partial charge in [0.05, 0.1) is 0 Å². The van der Waals surface area contributed by atoms with Crippen molar-refractivity contribution >= 4 is 18.5 Å². The highest BCUT2D eigenvalue weighted by atomic mass is 16.1. The summed E-state index contributed by atoms with van der Waals surface area (Å²) in [5, 5.41) is 0. The second-order valence-corrected chi connectivity index (χ2v) is 3.40. The van der Waals surface area contributed by atoms with Crippen molar-refractivity contribution in [3.05, 3.63) is 29.8 Å². The molecule has 0 aliphatic carbocycles. The number of rotatable bonds is 5. The van der Waals surface area contributed by atoms with E-state index >= 15 is 0 Å². The Morgan fingerprint density at radius 3 is 2.13 bits per heavy atom. The monoisotopic (exact) mass is 206 g/mol. The first-order valence-corrected chi connectivity index (χ1v) is 4.60. The van der Waals surface area contributed by atoms with Crippen LogP contribution in [0.4, 0.5) is 5.69 Å². The van der Waals surface area contributed by atoms with Crippen molar-refractivity contribution in [3.8, 4) is 0 Å². The van der Waals surface area contributed by atoms with Gasteiger partial charge in [-0.3, -0.25) is 9.59 Å². The van der Waals surface area contributed by atoms with Crippen LogP contribution in [0.25, 0.3) is 0 Å². The summed E-state index contributed by atoms with van der Waals surface area (Å²) in [7, 11) is 3.41. The first kappa shape index (κ1) is 11.2. The van der Waals surface area contributed by atoms with E-state index in [1.54, 1.807) is 19.0 Å². The Bertz CT molecular complexity index is 335. The molecule has 15 heavy (non-hydrogen) atoms. The van der Waals surface area contributed by atoms with Crippen LogP contribution in [0.1, 0.15) is 5.56 Å². The highest BCUT2D eigenvalue weighted by Gasteiger charge is 2.00. The predicted octanol–water partition coefficient (Wildman–Crippen LogP) is 0.867. The first-order valence-electron chi connectivity index (χ1n) is 4.60. The molecule has 1 aromatic rings. The molecule has 0 aliphatic rings. The molecular weight excluding hydrogens is 192 g/mol. The largest absolute Gasteiger partial charge is 0.344 e. The smallest absolute Gasteiger partial charge is 0.213 e. The van der Waals surface area contributed by atoms with Gasteiger partial charge in [-0.1, -0.05) is 12.1 Å². The Kier molecular flexibility index (Phi) is 3.85. The molecule has 0 fully saturated rings. The van der Waals surface area contributed by atoms with Crippen LogP contribution >= 0.6 is 0 Å². The van der Waals surface area contributed by atoms with Crippen LogP contribution < -0.4 is 4.90 Å². The minimum absolute atomic E-state index is 0.578. The van der Waals surface area contributed by atoms with Gasteiger partial charge in [0.25, 0.3) is 0 Å². The molecule has 0 aromatic heterocycles. The van der Waals surface area contributed by atoms with E-state index in [1.807, 2.05) is 24.3 Å². The number of nitrogens with zero attached hydrogens (tertiary/aromatic N) is 2. The molecule has 1 rings (SSSR count). The van der Waals surface area contributed by atoms with Crippen LogP contribution in [-0.4, -0.2) is 31.8 Å². The van der Waals surface area contributed by atoms with Gasteiger partial charge in [0.2, 0.25) is 12.8 Å². The maximum atomic E-state index is 10.5. The van der Waals surface area contributed by atoms with Crippen molar-refractivity contribution in [1.29, 1.82) is 0 Å². The normalized spacial score (nSPS) is 9.47. The van der Waals surface area contributed by atoms with Crippen molar-refractivity contribution in [3.63, 3.8) is 0 Å². The number of benzene rings is 1. The van der Waals surface area contributed by atoms with Gasteiger partial charge in [0, 0.05) is 26.3 Å². The van der Waals surface area contributed by atoms with Crippen LogP contribution in [0.15, 0.2) is 24.3 Å². The molecule has 0 spiro atoms. The Morgan fingerprint density at radius 2 is 1.67 bits per heavy atom. The number of hydrogen-bond acceptors (Lipinski definition) is 2. The van der Waals surface area contributed by atoms with E-state index in [0.29, 0.717) is 6.54 Å². The SMILES string of the molecule is CN(C=O)Cc1ccc(N(C)C=O)cc1. The fourth-order valence-corrected chi connectivity index (χ4v) is 1.22. The summed E-state index contributed by atoms with van der Waals surface area (Å²) in [5.74, 6) is 0. The third-order valence-electron chi connectivity index (χ3n) is 2.11. The van der Waals surface area contributed by atoms with Crippen molar-refractivity contribution in [2.45, 2.75) is 6.54 Å². The molecule has 0 unspecified atom stereocenters. The van der Waals surface area contributed by atoms with Crippen LogP contribution in [0.2, 0.25) is 0 Å². The summed E-state index contributed by atoms with van der Waals surface area (Å²) in [6.45, 7) is 0.578. The molecule has 0 atom stereocenters. The highest BCUT2D eigenvalue weighted by molar-refractivity contribution is 5.74. The van der Waals surface area contributed by atoms with Gasteiger partial charge in [-0.15, -0.1) is 0 Å². The average molecular weight is 206 g/mol. The third kappa shape index (κ3) is 3.09. The van der Waals surface area contributed by atoms with Gasteiger partial charge in [0.1, 0.15) is 0 Å². The molecule has 0 saturated carbocycles. The van der Waals surface area contributed by atoms with E-state index in [0.717, 1.165) is 24.1 Å². The molecule has 80 valence electrons. The lowest BCUT2D eigenvalue weighted by molar-refractivity contribution is -0.117. The Morgan fingerprint density at radius 1 is 1.07 bits per heavy atom. The second kappa shape index (κ2) is 5.14. The summed E-state index contributed by atoms with van der Waals surface area (Å²) in [6.07, 6.45) is 1.54. The third-order valence-corrected chi connectivity index (χ3v) is 2.11. The maximum Gasteiger partial charge on any atom is 0.213 e. The van der Waals surface area contributed by atoms with E-state index < -0.39 is 0 Å². The average Bonchev–Trinajstić information content (AvgIpc) is 2.29. The molecule has 4 heteroatoms. The number of anilines is 1. The lowest BCUT2D eigenvalue weighted by Gasteiger charge is -2.13. The van der Waals surface area contributed by atoms with Crippen LogP contribution in [0.5, 0.6) is 0 Å². The van der Waals surface area contributed by atoms with Gasteiger partial charge in [-0.2, -0.15) is 0 Å². The summed E-state index contributed by atoms with van der Waals surface area (Å²) in [5.41, 5.74) is 1.87. The fraction of sp³-hybridized carbons (Fsp3) is 0.273. The minimum Gasteiger partial charge on any atom is -0.344 e. The highest BCUT2D eigenvalue weighted by Crippen LogP contribution is 2.13. The molecule has 1 aromatic carbocycles. The molecule has 0 saturated heterocycles. The first-order chi connectivity index (χ1) is 7.17. The molecule has 0 aliphatic heterocycles. The maximum absolute atomic E-state index is 10.5. The summed E-state index contributed by atoms with van der Waals surface area (Å²) in [6, 6.07) is 7.50. The second-order valence-electron chi connectivity index (χ2n) is 3.40. The lowest BCUT2D eigenvalue weighted by Crippen LogP contribution is -2.16. The Balaban J connectivity index is 2.71. The molecule has 0 heterocycles. The molecule has 0 N–H and O–H groups in total. The minimum atomic E-state index is 0.578. The van der Waals surface area contributed by atoms with E-state index in [9.17, 15) is 9.59 Å². The zero-order valence-corrected chi connectivity index (χ0v) is 8.88. The van der Waals surface area contributed by atoms with Crippen molar-refractivity contribution in [1.82, 2.24) is 4.90 Å². The molecule has 4 nitrogen and oxygen atoms in total. The van der Waals surface area contributed by atoms with E-state index in [2.05, 4.69) is 0 Å². The van der Waals surface area contributed by atoms with Crippen molar-refractivity contribution in [2.75, 3.05) is 19.0 Å². The van der Waals surface area contributed by atoms with Gasteiger partial charge in [0.15, 0.2) is 0 Å². The van der Waals surface area contributed by atoms with E-state index in [-0.39, 0.29) is 0 Å². The topological polar surface area (TPSA) is 40.6 Å². The summed E-state index contributed by atoms with van der Waals surface area (Å²) in [4.78, 5) is 23.9. The quantitative estimate of drug-likeness (QED) is 0.671.